The van der Waals surface area contributed by atoms with E-state index in [9.17, 15) is 0 Å². The van der Waals surface area contributed by atoms with Crippen LogP contribution in [0.4, 0.5) is 0 Å². The molecule has 0 aliphatic carbocycles. The lowest BCUT2D eigenvalue weighted by Gasteiger charge is -2.10. The smallest absolute Gasteiger partial charge is 0.254 e. The Morgan fingerprint density at radius 1 is 0.808 bits per heavy atom. The average molecular weight is 363 g/mol. The van der Waals surface area contributed by atoms with Crippen LogP contribution in [0, 0.1) is 0 Å². The molecule has 0 N–H and O–H groups in total. The number of halogens is 1. The summed E-state index contributed by atoms with van der Waals surface area (Å²) in [7, 11) is 0. The third-order valence-electron chi connectivity index (χ3n) is 3.86. The molecule has 0 amide bonds. The van der Waals surface area contributed by atoms with Crippen LogP contribution in [-0.4, -0.2) is 10.2 Å². The first kappa shape index (κ1) is 16.4. The van der Waals surface area contributed by atoms with Gasteiger partial charge in [-0.2, -0.15) is 0 Å². The molecule has 0 spiro atoms. The summed E-state index contributed by atoms with van der Waals surface area (Å²) in [5.41, 5.74) is 2.89. The van der Waals surface area contributed by atoms with E-state index in [0.29, 0.717) is 16.8 Å². The number of ether oxygens (including phenoxy) is 1. The first-order chi connectivity index (χ1) is 12.8. The van der Waals surface area contributed by atoms with Crippen LogP contribution in [-0.2, 0) is 6.61 Å². The Balaban J connectivity index is 1.52. The van der Waals surface area contributed by atoms with Crippen molar-refractivity contribution >= 4 is 11.6 Å². The van der Waals surface area contributed by atoms with Crippen molar-refractivity contribution in [3.8, 4) is 28.3 Å². The van der Waals surface area contributed by atoms with E-state index >= 15 is 0 Å². The first-order valence-corrected chi connectivity index (χ1v) is 8.53. The molecule has 1 heterocycles. The molecule has 4 nitrogen and oxygen atoms in total. The maximum atomic E-state index is 6.00. The Morgan fingerprint density at radius 3 is 2.42 bits per heavy atom. The van der Waals surface area contributed by atoms with Gasteiger partial charge >= 0.3 is 0 Å². The van der Waals surface area contributed by atoms with Crippen molar-refractivity contribution in [1.82, 2.24) is 10.2 Å². The Bertz CT molecular complexity index is 1020. The number of nitrogens with zero attached hydrogens (tertiary/aromatic N) is 2. The van der Waals surface area contributed by atoms with E-state index in [-0.39, 0.29) is 6.61 Å². The number of hydrogen-bond acceptors (Lipinski definition) is 4. The van der Waals surface area contributed by atoms with Gasteiger partial charge in [0.25, 0.3) is 5.89 Å². The van der Waals surface area contributed by atoms with Gasteiger partial charge in [0.2, 0.25) is 5.89 Å². The summed E-state index contributed by atoms with van der Waals surface area (Å²) >= 11 is 6.00. The molecule has 5 heteroatoms. The molecule has 0 atom stereocenters. The summed E-state index contributed by atoms with van der Waals surface area (Å²) in [5, 5.41) is 8.74. The van der Waals surface area contributed by atoms with Crippen molar-refractivity contribution < 1.29 is 9.15 Å². The Hall–Kier alpha value is -3.11. The zero-order chi connectivity index (χ0) is 17.8. The molecule has 0 saturated carbocycles. The van der Waals surface area contributed by atoms with Gasteiger partial charge in [0.15, 0.2) is 6.61 Å². The number of benzene rings is 3. The molecule has 4 rings (SSSR count). The lowest BCUT2D eigenvalue weighted by Crippen LogP contribution is -1.97. The summed E-state index contributed by atoms with van der Waals surface area (Å²) in [6.45, 7) is 0.192. The summed E-state index contributed by atoms with van der Waals surface area (Å²) in [6.07, 6.45) is 0. The van der Waals surface area contributed by atoms with Crippen LogP contribution in [0.15, 0.2) is 83.3 Å². The van der Waals surface area contributed by atoms with Gasteiger partial charge in [-0.3, -0.25) is 0 Å². The van der Waals surface area contributed by atoms with Crippen LogP contribution in [0.3, 0.4) is 0 Å². The minimum absolute atomic E-state index is 0.192. The first-order valence-electron chi connectivity index (χ1n) is 8.15. The van der Waals surface area contributed by atoms with Crippen LogP contribution in [0.2, 0.25) is 5.02 Å². The van der Waals surface area contributed by atoms with Gasteiger partial charge in [0.05, 0.1) is 0 Å². The lowest BCUT2D eigenvalue weighted by atomic mass is 10.1. The zero-order valence-corrected chi connectivity index (χ0v) is 14.6. The molecule has 0 aliphatic heterocycles. The molecular formula is C21H15ClN2O2. The third-order valence-corrected chi connectivity index (χ3v) is 4.10. The minimum Gasteiger partial charge on any atom is -0.483 e. The van der Waals surface area contributed by atoms with Crippen LogP contribution in [0.25, 0.3) is 22.6 Å². The SMILES string of the molecule is Clc1cccc(-c2nnc(COc3ccccc3-c3ccccc3)o2)c1. The molecule has 0 fully saturated rings. The van der Waals surface area contributed by atoms with Crippen molar-refractivity contribution in [3.05, 3.63) is 89.8 Å². The van der Waals surface area contributed by atoms with Crippen molar-refractivity contribution in [1.29, 1.82) is 0 Å². The fraction of sp³-hybridized carbons (Fsp3) is 0.0476. The quantitative estimate of drug-likeness (QED) is 0.461. The van der Waals surface area contributed by atoms with E-state index in [4.69, 9.17) is 20.8 Å². The van der Waals surface area contributed by atoms with Crippen LogP contribution in [0.5, 0.6) is 5.75 Å². The van der Waals surface area contributed by atoms with Crippen molar-refractivity contribution in [3.63, 3.8) is 0 Å². The van der Waals surface area contributed by atoms with Gasteiger partial charge in [0.1, 0.15) is 5.75 Å². The summed E-state index contributed by atoms with van der Waals surface area (Å²) < 4.78 is 11.6. The number of para-hydroxylation sites is 1. The summed E-state index contributed by atoms with van der Waals surface area (Å²) in [6, 6.07) is 25.3. The second-order valence-corrected chi connectivity index (χ2v) is 6.10. The fourth-order valence-corrected chi connectivity index (χ4v) is 2.83. The summed E-state index contributed by atoms with van der Waals surface area (Å²) in [4.78, 5) is 0. The van der Waals surface area contributed by atoms with Crippen LogP contribution >= 0.6 is 11.6 Å². The molecule has 128 valence electrons. The van der Waals surface area contributed by atoms with E-state index in [0.717, 1.165) is 22.4 Å². The number of hydrogen-bond donors (Lipinski definition) is 0. The molecule has 1 aromatic heterocycles. The van der Waals surface area contributed by atoms with Crippen LogP contribution < -0.4 is 4.74 Å². The molecule has 0 radical (unpaired) electrons. The molecule has 3 aromatic carbocycles. The van der Waals surface area contributed by atoms with Gasteiger partial charge in [-0.25, -0.2) is 0 Å². The maximum absolute atomic E-state index is 6.00. The Labute approximate surface area is 156 Å². The molecule has 26 heavy (non-hydrogen) atoms. The highest BCUT2D eigenvalue weighted by molar-refractivity contribution is 6.30. The second kappa shape index (κ2) is 7.42. The molecule has 0 bridgehead atoms. The highest BCUT2D eigenvalue weighted by Gasteiger charge is 2.11. The van der Waals surface area contributed by atoms with Gasteiger partial charge in [0, 0.05) is 16.1 Å². The normalized spacial score (nSPS) is 10.7. The minimum atomic E-state index is 0.192. The predicted molar refractivity (Wildman–Crippen MR) is 101 cm³/mol. The maximum Gasteiger partial charge on any atom is 0.254 e. The Morgan fingerprint density at radius 2 is 1.58 bits per heavy atom. The van der Waals surface area contributed by atoms with Crippen molar-refractivity contribution in [2.75, 3.05) is 0 Å². The van der Waals surface area contributed by atoms with Gasteiger partial charge in [-0.05, 0) is 29.8 Å². The highest BCUT2D eigenvalue weighted by Crippen LogP contribution is 2.30. The topological polar surface area (TPSA) is 48.2 Å². The van der Waals surface area contributed by atoms with E-state index in [1.54, 1.807) is 12.1 Å². The van der Waals surface area contributed by atoms with E-state index < -0.39 is 0 Å². The lowest BCUT2D eigenvalue weighted by molar-refractivity contribution is 0.265. The fourth-order valence-electron chi connectivity index (χ4n) is 2.64. The number of aromatic nitrogens is 2. The number of rotatable bonds is 5. The molecule has 4 aromatic rings. The largest absolute Gasteiger partial charge is 0.483 e. The monoisotopic (exact) mass is 362 g/mol. The van der Waals surface area contributed by atoms with E-state index in [1.165, 1.54) is 0 Å². The van der Waals surface area contributed by atoms with Gasteiger partial charge < -0.3 is 9.15 Å². The van der Waals surface area contributed by atoms with Crippen molar-refractivity contribution in [2.45, 2.75) is 6.61 Å². The third kappa shape index (κ3) is 3.60. The second-order valence-electron chi connectivity index (χ2n) is 5.66. The van der Waals surface area contributed by atoms with Crippen molar-refractivity contribution in [2.24, 2.45) is 0 Å². The van der Waals surface area contributed by atoms with E-state index in [1.807, 2.05) is 66.7 Å². The van der Waals surface area contributed by atoms with E-state index in [2.05, 4.69) is 10.2 Å². The highest BCUT2D eigenvalue weighted by atomic mass is 35.5. The van der Waals surface area contributed by atoms with Gasteiger partial charge in [-0.15, -0.1) is 10.2 Å². The molecular weight excluding hydrogens is 348 g/mol. The molecule has 0 aliphatic rings. The predicted octanol–water partition coefficient (Wildman–Crippen LogP) is 5.64. The molecule has 0 saturated heterocycles. The van der Waals surface area contributed by atoms with Gasteiger partial charge in [-0.1, -0.05) is 66.2 Å². The average Bonchev–Trinajstić information content (AvgIpc) is 3.16. The molecule has 0 unspecified atom stereocenters. The Kier molecular flexibility index (Phi) is 4.67. The standard InChI is InChI=1S/C21H15ClN2O2/c22-17-10-6-9-16(13-17)21-24-23-20(26-21)14-25-19-12-5-4-11-18(19)15-7-2-1-3-8-15/h1-13H,14H2. The van der Waals surface area contributed by atoms with Crippen LogP contribution in [0.1, 0.15) is 5.89 Å². The zero-order valence-electron chi connectivity index (χ0n) is 13.8. The summed E-state index contributed by atoms with van der Waals surface area (Å²) in [5.74, 6) is 1.59.